The summed E-state index contributed by atoms with van der Waals surface area (Å²) in [6.45, 7) is 0. The van der Waals surface area contributed by atoms with E-state index < -0.39 is 17.9 Å². The molecule has 0 aliphatic rings. The molecule has 0 spiro atoms. The first kappa shape index (κ1) is 19.1. The van der Waals surface area contributed by atoms with E-state index in [2.05, 4.69) is 27.9 Å². The predicted molar refractivity (Wildman–Crippen MR) is 114 cm³/mol. The second kappa shape index (κ2) is 8.81. The van der Waals surface area contributed by atoms with Crippen LogP contribution in [-0.4, -0.2) is 23.0 Å². The minimum atomic E-state index is -1.05. The van der Waals surface area contributed by atoms with Gasteiger partial charge in [0.15, 0.2) is 0 Å². The van der Waals surface area contributed by atoms with Crippen molar-refractivity contribution < 1.29 is 14.7 Å². The number of halogens is 1. The number of amides is 1. The van der Waals surface area contributed by atoms with Gasteiger partial charge in [0, 0.05) is 15.6 Å². The van der Waals surface area contributed by atoms with Crippen LogP contribution >= 0.6 is 22.6 Å². The number of carbonyl (C=O) groups excluding carboxylic acids is 1. The molecule has 0 unspecified atom stereocenters. The first-order chi connectivity index (χ1) is 13.0. The molecule has 1 atom stereocenters. The molecule has 0 radical (unpaired) electrons. The lowest BCUT2D eigenvalue weighted by atomic mass is 10.0. The number of carboxylic acid groups (broad SMARTS) is 1. The fourth-order valence-corrected chi connectivity index (χ4v) is 3.10. The number of aliphatic carboxylic acids is 1. The summed E-state index contributed by atoms with van der Waals surface area (Å²) in [5.41, 5.74) is 3.36. The monoisotopic (exact) mass is 471 g/mol. The SMILES string of the molecule is O=C(N[C@H](Cc1ccc(I)cc1)C(=O)O)c1ccc(-c2ccccc2)cc1. The highest BCUT2D eigenvalue weighted by molar-refractivity contribution is 14.1. The zero-order valence-electron chi connectivity index (χ0n) is 14.4. The van der Waals surface area contributed by atoms with Gasteiger partial charge in [-0.15, -0.1) is 0 Å². The summed E-state index contributed by atoms with van der Waals surface area (Å²) in [4.78, 5) is 24.0. The molecule has 0 saturated carbocycles. The first-order valence-corrected chi connectivity index (χ1v) is 9.54. The number of hydrogen-bond acceptors (Lipinski definition) is 2. The fourth-order valence-electron chi connectivity index (χ4n) is 2.74. The number of rotatable bonds is 6. The number of nitrogens with one attached hydrogen (secondary N) is 1. The lowest BCUT2D eigenvalue weighted by molar-refractivity contribution is -0.139. The molecular weight excluding hydrogens is 453 g/mol. The summed E-state index contributed by atoms with van der Waals surface area (Å²) in [6.07, 6.45) is 0.236. The molecule has 0 aliphatic heterocycles. The average molecular weight is 471 g/mol. The van der Waals surface area contributed by atoms with E-state index in [0.717, 1.165) is 20.3 Å². The van der Waals surface area contributed by atoms with Gasteiger partial charge >= 0.3 is 5.97 Å². The Morgan fingerprint density at radius 3 is 2.04 bits per heavy atom. The number of carbonyl (C=O) groups is 2. The van der Waals surface area contributed by atoms with Gasteiger partial charge in [0.25, 0.3) is 5.91 Å². The second-order valence-corrected chi connectivity index (χ2v) is 7.38. The van der Waals surface area contributed by atoms with Crippen molar-refractivity contribution in [3.05, 3.63) is 93.6 Å². The molecule has 0 bridgehead atoms. The maximum Gasteiger partial charge on any atom is 0.326 e. The van der Waals surface area contributed by atoms with Crippen LogP contribution in [0.1, 0.15) is 15.9 Å². The van der Waals surface area contributed by atoms with Gasteiger partial charge in [-0.1, -0.05) is 54.6 Å². The van der Waals surface area contributed by atoms with E-state index in [1.807, 2.05) is 66.7 Å². The molecule has 5 heteroatoms. The molecule has 0 aromatic heterocycles. The highest BCUT2D eigenvalue weighted by Gasteiger charge is 2.21. The third-order valence-corrected chi connectivity index (χ3v) is 4.93. The number of benzene rings is 3. The van der Waals surface area contributed by atoms with Crippen molar-refractivity contribution in [3.63, 3.8) is 0 Å². The molecule has 0 fully saturated rings. The smallest absolute Gasteiger partial charge is 0.326 e. The van der Waals surface area contributed by atoms with Crippen molar-refractivity contribution in [2.75, 3.05) is 0 Å². The van der Waals surface area contributed by atoms with Crippen LogP contribution in [0.2, 0.25) is 0 Å². The largest absolute Gasteiger partial charge is 0.480 e. The fraction of sp³-hybridized carbons (Fsp3) is 0.0909. The van der Waals surface area contributed by atoms with Crippen molar-refractivity contribution >= 4 is 34.5 Å². The first-order valence-electron chi connectivity index (χ1n) is 8.46. The van der Waals surface area contributed by atoms with Crippen LogP contribution in [0.5, 0.6) is 0 Å². The minimum absolute atomic E-state index is 0.236. The lowest BCUT2D eigenvalue weighted by Crippen LogP contribution is -2.42. The summed E-state index contributed by atoms with van der Waals surface area (Å²) in [5.74, 6) is -1.45. The van der Waals surface area contributed by atoms with Crippen LogP contribution in [0.4, 0.5) is 0 Å². The summed E-state index contributed by atoms with van der Waals surface area (Å²) >= 11 is 2.19. The standard InChI is InChI=1S/C22H18INO3/c23-19-12-6-15(7-13-19)14-20(22(26)27)24-21(25)18-10-8-17(9-11-18)16-4-2-1-3-5-16/h1-13,20H,14H2,(H,24,25)(H,26,27)/t20-/m1/s1. The van der Waals surface area contributed by atoms with Gasteiger partial charge in [-0.05, 0) is 63.5 Å². The summed E-state index contributed by atoms with van der Waals surface area (Å²) in [7, 11) is 0. The van der Waals surface area contributed by atoms with E-state index >= 15 is 0 Å². The van der Waals surface area contributed by atoms with E-state index in [4.69, 9.17) is 0 Å². The molecule has 4 nitrogen and oxygen atoms in total. The molecule has 0 aliphatic carbocycles. The predicted octanol–water partition coefficient (Wildman–Crippen LogP) is 4.38. The van der Waals surface area contributed by atoms with Crippen molar-refractivity contribution in [1.29, 1.82) is 0 Å². The van der Waals surface area contributed by atoms with Crippen LogP contribution < -0.4 is 5.32 Å². The molecule has 3 aromatic rings. The average Bonchev–Trinajstić information content (AvgIpc) is 2.69. The van der Waals surface area contributed by atoms with Gasteiger partial charge in [-0.2, -0.15) is 0 Å². The van der Waals surface area contributed by atoms with Gasteiger partial charge in [-0.3, -0.25) is 4.79 Å². The van der Waals surface area contributed by atoms with Crippen LogP contribution in [0.25, 0.3) is 11.1 Å². The van der Waals surface area contributed by atoms with E-state index in [-0.39, 0.29) is 6.42 Å². The lowest BCUT2D eigenvalue weighted by Gasteiger charge is -2.15. The van der Waals surface area contributed by atoms with E-state index in [0.29, 0.717) is 5.56 Å². The van der Waals surface area contributed by atoms with Gasteiger partial charge < -0.3 is 10.4 Å². The Morgan fingerprint density at radius 1 is 0.852 bits per heavy atom. The molecular formula is C22H18INO3. The summed E-state index contributed by atoms with van der Waals surface area (Å²) in [6, 6.07) is 23.6. The highest BCUT2D eigenvalue weighted by atomic mass is 127. The number of carboxylic acids is 1. The molecule has 0 heterocycles. The van der Waals surface area contributed by atoms with Crippen molar-refractivity contribution in [3.8, 4) is 11.1 Å². The quantitative estimate of drug-likeness (QED) is 0.525. The molecule has 3 aromatic carbocycles. The maximum atomic E-state index is 12.5. The van der Waals surface area contributed by atoms with Gasteiger partial charge in [0.1, 0.15) is 6.04 Å². The van der Waals surface area contributed by atoms with Crippen molar-refractivity contribution in [2.45, 2.75) is 12.5 Å². The number of hydrogen-bond donors (Lipinski definition) is 2. The van der Waals surface area contributed by atoms with Crippen LogP contribution in [0, 0.1) is 3.57 Å². The topological polar surface area (TPSA) is 66.4 Å². The van der Waals surface area contributed by atoms with E-state index in [9.17, 15) is 14.7 Å². The summed E-state index contributed by atoms with van der Waals surface area (Å²) in [5, 5.41) is 12.1. The Bertz CT molecular complexity index is 922. The van der Waals surface area contributed by atoms with Gasteiger partial charge in [0.2, 0.25) is 0 Å². The molecule has 3 rings (SSSR count). The zero-order valence-corrected chi connectivity index (χ0v) is 16.6. The second-order valence-electron chi connectivity index (χ2n) is 6.14. The third kappa shape index (κ3) is 5.17. The Hall–Kier alpha value is -2.67. The van der Waals surface area contributed by atoms with Gasteiger partial charge in [-0.25, -0.2) is 4.79 Å². The minimum Gasteiger partial charge on any atom is -0.480 e. The van der Waals surface area contributed by atoms with Crippen LogP contribution in [0.3, 0.4) is 0 Å². The van der Waals surface area contributed by atoms with Crippen molar-refractivity contribution in [1.82, 2.24) is 5.32 Å². The molecule has 136 valence electrons. The van der Waals surface area contributed by atoms with Crippen LogP contribution in [-0.2, 0) is 11.2 Å². The Balaban J connectivity index is 1.70. The third-order valence-electron chi connectivity index (χ3n) is 4.21. The Morgan fingerprint density at radius 2 is 1.44 bits per heavy atom. The molecule has 1 amide bonds. The molecule has 2 N–H and O–H groups in total. The van der Waals surface area contributed by atoms with E-state index in [1.54, 1.807) is 12.1 Å². The summed E-state index contributed by atoms with van der Waals surface area (Å²) < 4.78 is 1.07. The van der Waals surface area contributed by atoms with Crippen molar-refractivity contribution in [2.24, 2.45) is 0 Å². The Kier molecular flexibility index (Phi) is 6.24. The Labute approximate surface area is 171 Å². The van der Waals surface area contributed by atoms with E-state index in [1.165, 1.54) is 0 Å². The van der Waals surface area contributed by atoms with Crippen LogP contribution in [0.15, 0.2) is 78.9 Å². The normalized spacial score (nSPS) is 11.6. The molecule has 0 saturated heterocycles. The zero-order chi connectivity index (χ0) is 19.2. The maximum absolute atomic E-state index is 12.5. The molecule has 27 heavy (non-hydrogen) atoms. The van der Waals surface area contributed by atoms with Gasteiger partial charge in [0.05, 0.1) is 0 Å². The highest BCUT2D eigenvalue weighted by Crippen LogP contribution is 2.19.